The largest absolute Gasteiger partial charge is 0.454 e. The zero-order valence-electron chi connectivity index (χ0n) is 19.4. The van der Waals surface area contributed by atoms with Gasteiger partial charge in [0.2, 0.25) is 12.7 Å². The first-order valence-corrected chi connectivity index (χ1v) is 11.6. The molecule has 1 N–H and O–H groups in total. The summed E-state index contributed by atoms with van der Waals surface area (Å²) in [5.41, 5.74) is 2.30. The molecule has 0 aliphatic carbocycles. The second-order valence-electron chi connectivity index (χ2n) is 9.20. The Bertz CT molecular complexity index is 1450. The first kappa shape index (κ1) is 21.3. The second-order valence-corrected chi connectivity index (χ2v) is 9.20. The van der Waals surface area contributed by atoms with Crippen LogP contribution in [0.5, 0.6) is 11.5 Å². The molecule has 0 fully saturated rings. The third kappa shape index (κ3) is 3.60. The molecule has 35 heavy (non-hydrogen) atoms. The Balaban J connectivity index is 1.38. The molecule has 1 unspecified atom stereocenters. The predicted molar refractivity (Wildman–Crippen MR) is 131 cm³/mol. The molecule has 4 aromatic rings. The fourth-order valence-corrected chi connectivity index (χ4v) is 4.94. The number of rotatable bonds is 5. The number of hydrogen-bond acceptors (Lipinski definition) is 4. The van der Waals surface area contributed by atoms with Crippen molar-refractivity contribution in [1.29, 1.82) is 0 Å². The average molecular weight is 468 g/mol. The highest BCUT2D eigenvalue weighted by atomic mass is 16.7. The third-order valence-corrected chi connectivity index (χ3v) is 6.90. The van der Waals surface area contributed by atoms with E-state index in [0.717, 1.165) is 22.0 Å². The maximum atomic E-state index is 13.9. The van der Waals surface area contributed by atoms with Crippen LogP contribution in [-0.2, 0) is 24.4 Å². The van der Waals surface area contributed by atoms with Gasteiger partial charge in [-0.1, -0.05) is 54.6 Å². The van der Waals surface area contributed by atoms with E-state index in [1.54, 1.807) is 4.90 Å². The molecule has 0 saturated carbocycles. The van der Waals surface area contributed by atoms with Gasteiger partial charge in [-0.05, 0) is 42.3 Å². The number of nitrogens with zero attached hydrogens (tertiary/aromatic N) is 2. The van der Waals surface area contributed by atoms with Crippen molar-refractivity contribution in [3.05, 3.63) is 95.7 Å². The Labute approximate surface area is 202 Å². The number of fused-ring (bicyclic) bond motifs is 4. The first-order chi connectivity index (χ1) is 17.0. The smallest absolute Gasteiger partial charge is 0.271 e. The Morgan fingerprint density at radius 1 is 0.943 bits per heavy atom. The predicted octanol–water partition coefficient (Wildman–Crippen LogP) is 4.10. The SMILES string of the molecule is CC1(C(=O)NCc2ccccc2)Cn2c(cc3ccccc32)C(=O)N1Cc1ccc2c(c1)OCO2. The third-order valence-electron chi connectivity index (χ3n) is 6.90. The summed E-state index contributed by atoms with van der Waals surface area (Å²) in [6.07, 6.45) is 0. The van der Waals surface area contributed by atoms with Gasteiger partial charge in [0.05, 0.1) is 6.54 Å². The van der Waals surface area contributed by atoms with Crippen molar-refractivity contribution in [3.63, 3.8) is 0 Å². The minimum atomic E-state index is -1.10. The number of hydrogen-bond donors (Lipinski definition) is 1. The summed E-state index contributed by atoms with van der Waals surface area (Å²) < 4.78 is 12.9. The maximum Gasteiger partial charge on any atom is 0.271 e. The number of nitrogens with one attached hydrogen (secondary N) is 1. The number of carbonyl (C=O) groups excluding carboxylic acids is 2. The maximum absolute atomic E-state index is 13.9. The van der Waals surface area contributed by atoms with Gasteiger partial charge in [-0.2, -0.15) is 0 Å². The van der Waals surface area contributed by atoms with Crippen LogP contribution in [-0.4, -0.2) is 33.6 Å². The van der Waals surface area contributed by atoms with Gasteiger partial charge in [-0.3, -0.25) is 9.59 Å². The van der Waals surface area contributed by atoms with Gasteiger partial charge in [-0.25, -0.2) is 0 Å². The normalized spacial score (nSPS) is 18.5. The van der Waals surface area contributed by atoms with E-state index in [4.69, 9.17) is 9.47 Å². The summed E-state index contributed by atoms with van der Waals surface area (Å²) in [7, 11) is 0. The van der Waals surface area contributed by atoms with E-state index in [1.807, 2.05) is 90.4 Å². The number of para-hydroxylation sites is 1. The molecule has 3 heterocycles. The van der Waals surface area contributed by atoms with Crippen LogP contribution in [0.4, 0.5) is 0 Å². The second kappa shape index (κ2) is 8.20. The number of aromatic nitrogens is 1. The Hall–Kier alpha value is -4.26. The molecule has 2 aliphatic rings. The standard InChI is InChI=1S/C28H25N3O4/c1-28(27(33)29-15-19-7-3-2-4-8-19)17-30-22-10-6-5-9-21(22)14-23(30)26(32)31(28)16-20-11-12-24-25(13-20)35-18-34-24/h2-14H,15-18H2,1H3,(H,29,33). The lowest BCUT2D eigenvalue weighted by Gasteiger charge is -2.44. The summed E-state index contributed by atoms with van der Waals surface area (Å²) in [5, 5.41) is 4.05. The van der Waals surface area contributed by atoms with Crippen molar-refractivity contribution < 1.29 is 19.1 Å². The lowest BCUT2D eigenvalue weighted by Crippen LogP contribution is -2.63. The van der Waals surface area contributed by atoms with Crippen LogP contribution >= 0.6 is 0 Å². The Kier molecular flexibility index (Phi) is 4.99. The quantitative estimate of drug-likeness (QED) is 0.480. The molecule has 7 nitrogen and oxygen atoms in total. The van der Waals surface area contributed by atoms with Crippen molar-refractivity contribution in [2.45, 2.75) is 32.1 Å². The van der Waals surface area contributed by atoms with E-state index in [0.29, 0.717) is 30.3 Å². The molecule has 6 rings (SSSR count). The van der Waals surface area contributed by atoms with Crippen LogP contribution in [0.2, 0.25) is 0 Å². The lowest BCUT2D eigenvalue weighted by molar-refractivity contribution is -0.133. The van der Waals surface area contributed by atoms with Crippen LogP contribution in [0.3, 0.4) is 0 Å². The average Bonchev–Trinajstić information content (AvgIpc) is 3.50. The molecule has 0 saturated heterocycles. The Morgan fingerprint density at radius 2 is 1.71 bits per heavy atom. The van der Waals surface area contributed by atoms with E-state index in [-0.39, 0.29) is 25.2 Å². The van der Waals surface area contributed by atoms with Crippen molar-refractivity contribution in [3.8, 4) is 11.5 Å². The molecule has 3 aromatic carbocycles. The summed E-state index contributed by atoms with van der Waals surface area (Å²) in [4.78, 5) is 29.3. The van der Waals surface area contributed by atoms with E-state index in [2.05, 4.69) is 5.32 Å². The fraction of sp³-hybridized carbons (Fsp3) is 0.214. The summed E-state index contributed by atoms with van der Waals surface area (Å²) in [6, 6.07) is 25.2. The minimum Gasteiger partial charge on any atom is -0.454 e. The van der Waals surface area contributed by atoms with Crippen LogP contribution in [0.1, 0.15) is 28.5 Å². The van der Waals surface area contributed by atoms with Crippen molar-refractivity contribution >= 4 is 22.7 Å². The molecular weight excluding hydrogens is 442 g/mol. The molecule has 2 amide bonds. The molecular formula is C28H25N3O4. The molecule has 0 spiro atoms. The van der Waals surface area contributed by atoms with E-state index in [9.17, 15) is 9.59 Å². The zero-order valence-corrected chi connectivity index (χ0v) is 19.4. The van der Waals surface area contributed by atoms with E-state index < -0.39 is 5.54 Å². The van der Waals surface area contributed by atoms with Crippen LogP contribution < -0.4 is 14.8 Å². The van der Waals surface area contributed by atoms with E-state index >= 15 is 0 Å². The number of ether oxygens (including phenoxy) is 2. The van der Waals surface area contributed by atoms with Crippen molar-refractivity contribution in [2.24, 2.45) is 0 Å². The molecule has 0 radical (unpaired) electrons. The molecule has 1 atom stereocenters. The Morgan fingerprint density at radius 3 is 2.57 bits per heavy atom. The number of carbonyl (C=O) groups is 2. The topological polar surface area (TPSA) is 72.8 Å². The highest BCUT2D eigenvalue weighted by Crippen LogP contribution is 2.36. The van der Waals surface area contributed by atoms with Gasteiger partial charge in [0.1, 0.15) is 11.2 Å². The summed E-state index contributed by atoms with van der Waals surface area (Å²) in [5.74, 6) is 0.958. The van der Waals surface area contributed by atoms with Gasteiger partial charge >= 0.3 is 0 Å². The molecule has 7 heteroatoms. The van der Waals surface area contributed by atoms with Crippen LogP contribution in [0.25, 0.3) is 10.9 Å². The van der Waals surface area contributed by atoms with E-state index in [1.165, 1.54) is 0 Å². The van der Waals surface area contributed by atoms with Crippen LogP contribution in [0, 0.1) is 0 Å². The monoisotopic (exact) mass is 467 g/mol. The van der Waals surface area contributed by atoms with Gasteiger partial charge in [0.25, 0.3) is 5.91 Å². The first-order valence-electron chi connectivity index (χ1n) is 11.6. The molecule has 176 valence electrons. The highest BCUT2D eigenvalue weighted by Gasteiger charge is 2.47. The van der Waals surface area contributed by atoms with Crippen LogP contribution in [0.15, 0.2) is 78.9 Å². The minimum absolute atomic E-state index is 0.178. The molecule has 2 aliphatic heterocycles. The fourth-order valence-electron chi connectivity index (χ4n) is 4.94. The number of benzene rings is 3. The van der Waals surface area contributed by atoms with Gasteiger partial charge in [0.15, 0.2) is 11.5 Å². The molecule has 0 bridgehead atoms. The van der Waals surface area contributed by atoms with Crippen molar-refractivity contribution in [2.75, 3.05) is 6.79 Å². The summed E-state index contributed by atoms with van der Waals surface area (Å²) >= 11 is 0. The molecule has 1 aromatic heterocycles. The number of amides is 2. The van der Waals surface area contributed by atoms with Crippen molar-refractivity contribution in [1.82, 2.24) is 14.8 Å². The zero-order chi connectivity index (χ0) is 24.0. The highest BCUT2D eigenvalue weighted by molar-refractivity contribution is 6.03. The van der Waals surface area contributed by atoms with Gasteiger partial charge in [-0.15, -0.1) is 0 Å². The summed E-state index contributed by atoms with van der Waals surface area (Å²) in [6.45, 7) is 3.04. The van der Waals surface area contributed by atoms with Gasteiger partial charge in [0, 0.05) is 24.0 Å². The van der Waals surface area contributed by atoms with Gasteiger partial charge < -0.3 is 24.3 Å². The lowest BCUT2D eigenvalue weighted by atomic mass is 9.93.